The van der Waals surface area contributed by atoms with Crippen LogP contribution in [0.4, 0.5) is 0 Å². The number of carbonyl (C=O) groups excluding carboxylic acids is 1. The molecule has 2 heterocycles. The van der Waals surface area contributed by atoms with Gasteiger partial charge < -0.3 is 9.80 Å². The van der Waals surface area contributed by atoms with Crippen molar-refractivity contribution in [3.63, 3.8) is 0 Å². The maximum Gasteiger partial charge on any atom is 0.241 e. The van der Waals surface area contributed by atoms with Crippen LogP contribution in [0.15, 0.2) is 0 Å². The first kappa shape index (κ1) is 16.8. The van der Waals surface area contributed by atoms with Crippen molar-refractivity contribution in [1.82, 2.24) is 15.1 Å². The number of nitrogens with zero attached hydrogens (tertiary/aromatic N) is 2. The summed E-state index contributed by atoms with van der Waals surface area (Å²) in [5.74, 6) is 0.322. The third kappa shape index (κ3) is 4.43. The number of hydrogen-bond acceptors (Lipinski definition) is 3. The molecular weight excluding hydrogens is 262 g/mol. The van der Waals surface area contributed by atoms with Crippen LogP contribution in [0, 0.1) is 0 Å². The molecule has 0 aliphatic carbocycles. The number of likely N-dealkylation sites (tertiary alicyclic amines) is 1. The minimum Gasteiger partial charge on any atom is -0.326 e. The van der Waals surface area contributed by atoms with Crippen molar-refractivity contribution < 1.29 is 4.79 Å². The van der Waals surface area contributed by atoms with Crippen LogP contribution in [-0.2, 0) is 4.79 Å². The van der Waals surface area contributed by atoms with Gasteiger partial charge in [-0.2, -0.15) is 0 Å². The standard InChI is InChI=1S/C17H33N3O/c1-4-5-10-16-17(21)20(15(3)18-16)13-8-12-19-11-7-6-9-14(19)2/h14-16,18H,4-13H2,1-3H3. The molecule has 122 valence electrons. The molecule has 0 radical (unpaired) electrons. The van der Waals surface area contributed by atoms with Gasteiger partial charge in [0.15, 0.2) is 0 Å². The quantitative estimate of drug-likeness (QED) is 0.784. The molecule has 0 aromatic heterocycles. The summed E-state index contributed by atoms with van der Waals surface area (Å²) >= 11 is 0. The van der Waals surface area contributed by atoms with Crippen LogP contribution in [0.5, 0.6) is 0 Å². The summed E-state index contributed by atoms with van der Waals surface area (Å²) < 4.78 is 0. The number of rotatable bonds is 7. The lowest BCUT2D eigenvalue weighted by atomic mass is 10.0. The second-order valence-electron chi connectivity index (χ2n) is 6.80. The summed E-state index contributed by atoms with van der Waals surface area (Å²) in [7, 11) is 0. The summed E-state index contributed by atoms with van der Waals surface area (Å²) in [6, 6.07) is 0.787. The van der Waals surface area contributed by atoms with Crippen LogP contribution >= 0.6 is 0 Å². The van der Waals surface area contributed by atoms with E-state index >= 15 is 0 Å². The molecular formula is C17H33N3O. The monoisotopic (exact) mass is 295 g/mol. The van der Waals surface area contributed by atoms with Gasteiger partial charge in [0, 0.05) is 19.1 Å². The van der Waals surface area contributed by atoms with Crippen molar-refractivity contribution in [3.8, 4) is 0 Å². The zero-order valence-electron chi connectivity index (χ0n) is 14.1. The smallest absolute Gasteiger partial charge is 0.241 e. The number of hydrogen-bond donors (Lipinski definition) is 1. The highest BCUT2D eigenvalue weighted by atomic mass is 16.2. The van der Waals surface area contributed by atoms with Crippen LogP contribution in [0.1, 0.15) is 65.7 Å². The van der Waals surface area contributed by atoms with Gasteiger partial charge >= 0.3 is 0 Å². The molecule has 0 spiro atoms. The SMILES string of the molecule is CCCCC1NC(C)N(CCCN2CCCCC2C)C1=O. The highest BCUT2D eigenvalue weighted by Gasteiger charge is 2.35. The minimum atomic E-state index is 0.0638. The first-order valence-electron chi connectivity index (χ1n) is 8.94. The summed E-state index contributed by atoms with van der Waals surface area (Å²) in [4.78, 5) is 17.1. The summed E-state index contributed by atoms with van der Waals surface area (Å²) in [5, 5.41) is 3.45. The summed E-state index contributed by atoms with van der Waals surface area (Å²) in [6.07, 6.45) is 8.63. The van der Waals surface area contributed by atoms with Gasteiger partial charge in [0.05, 0.1) is 12.2 Å². The molecule has 3 unspecified atom stereocenters. The number of nitrogens with one attached hydrogen (secondary N) is 1. The van der Waals surface area contributed by atoms with Gasteiger partial charge in [-0.25, -0.2) is 0 Å². The lowest BCUT2D eigenvalue weighted by Gasteiger charge is -2.34. The summed E-state index contributed by atoms with van der Waals surface area (Å²) in [6.45, 7) is 9.91. The Hall–Kier alpha value is -0.610. The van der Waals surface area contributed by atoms with Crippen molar-refractivity contribution in [2.75, 3.05) is 19.6 Å². The average molecular weight is 295 g/mol. The molecule has 1 amide bonds. The molecule has 0 bridgehead atoms. The fourth-order valence-electron chi connectivity index (χ4n) is 3.70. The Labute approximate surface area is 130 Å². The maximum absolute atomic E-state index is 12.4. The Balaban J connectivity index is 1.73. The Kier molecular flexibility index (Phi) is 6.49. The van der Waals surface area contributed by atoms with E-state index in [0.29, 0.717) is 5.91 Å². The molecule has 2 aliphatic rings. The van der Waals surface area contributed by atoms with E-state index in [1.807, 2.05) is 0 Å². The van der Waals surface area contributed by atoms with E-state index in [-0.39, 0.29) is 12.2 Å². The highest BCUT2D eigenvalue weighted by molar-refractivity contribution is 5.84. The molecule has 0 aromatic rings. The number of piperidine rings is 1. The second kappa shape index (κ2) is 8.14. The van der Waals surface area contributed by atoms with Crippen molar-refractivity contribution in [1.29, 1.82) is 0 Å². The van der Waals surface area contributed by atoms with Crippen LogP contribution in [0.25, 0.3) is 0 Å². The number of unbranched alkanes of at least 4 members (excludes halogenated alkanes) is 1. The normalized spacial score (nSPS) is 31.1. The van der Waals surface area contributed by atoms with Crippen LogP contribution < -0.4 is 5.32 Å². The molecule has 4 nitrogen and oxygen atoms in total. The lowest BCUT2D eigenvalue weighted by Crippen LogP contribution is -2.41. The van der Waals surface area contributed by atoms with Gasteiger partial charge in [0.25, 0.3) is 0 Å². The zero-order chi connectivity index (χ0) is 15.2. The second-order valence-corrected chi connectivity index (χ2v) is 6.80. The predicted octanol–water partition coefficient (Wildman–Crippen LogP) is 2.59. The zero-order valence-corrected chi connectivity index (χ0v) is 14.1. The fourth-order valence-corrected chi connectivity index (χ4v) is 3.70. The first-order chi connectivity index (χ1) is 10.1. The number of carbonyl (C=O) groups is 1. The van der Waals surface area contributed by atoms with Crippen LogP contribution in [-0.4, -0.2) is 53.6 Å². The first-order valence-corrected chi connectivity index (χ1v) is 8.94. The molecule has 2 fully saturated rings. The molecule has 3 atom stereocenters. The van der Waals surface area contributed by atoms with Gasteiger partial charge in [-0.3, -0.25) is 10.1 Å². The summed E-state index contributed by atoms with van der Waals surface area (Å²) in [5.41, 5.74) is 0. The predicted molar refractivity (Wildman–Crippen MR) is 87.1 cm³/mol. The molecule has 2 saturated heterocycles. The molecule has 2 aliphatic heterocycles. The molecule has 4 heteroatoms. The Morgan fingerprint density at radius 2 is 2.00 bits per heavy atom. The minimum absolute atomic E-state index is 0.0638. The third-order valence-corrected chi connectivity index (χ3v) is 5.12. The van der Waals surface area contributed by atoms with Crippen molar-refractivity contribution in [2.45, 2.75) is 84.0 Å². The van der Waals surface area contributed by atoms with Crippen molar-refractivity contribution in [2.24, 2.45) is 0 Å². The highest BCUT2D eigenvalue weighted by Crippen LogP contribution is 2.18. The van der Waals surface area contributed by atoms with Gasteiger partial charge in [-0.1, -0.05) is 26.2 Å². The maximum atomic E-state index is 12.4. The van der Waals surface area contributed by atoms with E-state index in [1.165, 1.54) is 25.8 Å². The topological polar surface area (TPSA) is 35.6 Å². The third-order valence-electron chi connectivity index (χ3n) is 5.12. The van der Waals surface area contributed by atoms with E-state index in [9.17, 15) is 4.79 Å². The average Bonchev–Trinajstić information content (AvgIpc) is 2.74. The fraction of sp³-hybridized carbons (Fsp3) is 0.941. The van der Waals surface area contributed by atoms with Gasteiger partial charge in [0.2, 0.25) is 5.91 Å². The Bertz CT molecular complexity index is 334. The Morgan fingerprint density at radius 1 is 1.19 bits per heavy atom. The van der Waals surface area contributed by atoms with Gasteiger partial charge in [-0.15, -0.1) is 0 Å². The van der Waals surface area contributed by atoms with Crippen LogP contribution in [0.3, 0.4) is 0 Å². The van der Waals surface area contributed by atoms with Crippen LogP contribution in [0.2, 0.25) is 0 Å². The molecule has 21 heavy (non-hydrogen) atoms. The molecule has 0 aromatic carbocycles. The Morgan fingerprint density at radius 3 is 2.71 bits per heavy atom. The number of amides is 1. The van der Waals surface area contributed by atoms with Crippen molar-refractivity contribution >= 4 is 5.91 Å². The van der Waals surface area contributed by atoms with Gasteiger partial charge in [0.1, 0.15) is 0 Å². The van der Waals surface area contributed by atoms with Crippen molar-refractivity contribution in [3.05, 3.63) is 0 Å². The van der Waals surface area contributed by atoms with E-state index in [4.69, 9.17) is 0 Å². The molecule has 2 rings (SSSR count). The molecule has 1 N–H and O–H groups in total. The van der Waals surface area contributed by atoms with Gasteiger partial charge in [-0.05, 0) is 46.1 Å². The largest absolute Gasteiger partial charge is 0.326 e. The van der Waals surface area contributed by atoms with E-state index in [2.05, 4.69) is 35.9 Å². The van der Waals surface area contributed by atoms with E-state index in [1.54, 1.807) is 0 Å². The van der Waals surface area contributed by atoms with E-state index in [0.717, 1.165) is 44.8 Å². The lowest BCUT2D eigenvalue weighted by molar-refractivity contribution is -0.130. The van der Waals surface area contributed by atoms with E-state index < -0.39 is 0 Å². The molecule has 0 saturated carbocycles.